The lowest BCUT2D eigenvalue weighted by molar-refractivity contribution is 0.728. The number of nitrogens with one attached hydrogen (secondary N) is 1. The standard InChI is InChI=1S/C11H13BrN2/c1-8-6-9(12)4-5-10(8)14-11(2,3)7-13/h4-6,14H,1-3H3. The summed E-state index contributed by atoms with van der Waals surface area (Å²) in [4.78, 5) is 0. The Bertz CT molecular complexity index is 377. The van der Waals surface area contributed by atoms with Gasteiger partial charge < -0.3 is 5.32 Å². The number of nitrogens with zero attached hydrogens (tertiary/aromatic N) is 1. The first-order valence-electron chi connectivity index (χ1n) is 4.40. The molecule has 0 unspecified atom stereocenters. The number of hydrogen-bond acceptors (Lipinski definition) is 2. The molecule has 1 N–H and O–H groups in total. The molecule has 0 fully saturated rings. The maximum Gasteiger partial charge on any atom is 0.119 e. The third-order valence-electron chi connectivity index (χ3n) is 1.92. The maximum absolute atomic E-state index is 8.88. The molecule has 0 aromatic heterocycles. The first-order valence-corrected chi connectivity index (χ1v) is 5.19. The van der Waals surface area contributed by atoms with Crippen LogP contribution in [0, 0.1) is 18.3 Å². The molecule has 0 aliphatic heterocycles. The van der Waals surface area contributed by atoms with Crippen molar-refractivity contribution in [3.8, 4) is 6.07 Å². The van der Waals surface area contributed by atoms with E-state index >= 15 is 0 Å². The Morgan fingerprint density at radius 2 is 2.07 bits per heavy atom. The second-order valence-electron chi connectivity index (χ2n) is 3.82. The zero-order valence-corrected chi connectivity index (χ0v) is 10.1. The molecule has 0 spiro atoms. The van der Waals surface area contributed by atoms with Gasteiger partial charge in [0.1, 0.15) is 5.54 Å². The molecule has 0 aliphatic rings. The molecule has 0 radical (unpaired) electrons. The van der Waals surface area contributed by atoms with E-state index in [1.165, 1.54) is 0 Å². The molecule has 0 saturated carbocycles. The highest BCUT2D eigenvalue weighted by Crippen LogP contribution is 2.22. The van der Waals surface area contributed by atoms with E-state index in [2.05, 4.69) is 27.3 Å². The van der Waals surface area contributed by atoms with Crippen LogP contribution in [0.4, 0.5) is 5.69 Å². The molecule has 0 heterocycles. The Kier molecular flexibility index (Phi) is 3.17. The van der Waals surface area contributed by atoms with Crippen LogP contribution in [0.15, 0.2) is 22.7 Å². The van der Waals surface area contributed by atoms with Gasteiger partial charge in [0.05, 0.1) is 6.07 Å². The van der Waals surface area contributed by atoms with Crippen molar-refractivity contribution in [2.45, 2.75) is 26.3 Å². The third-order valence-corrected chi connectivity index (χ3v) is 2.41. The molecule has 0 bridgehead atoms. The van der Waals surface area contributed by atoms with Crippen molar-refractivity contribution in [3.63, 3.8) is 0 Å². The van der Waals surface area contributed by atoms with Gasteiger partial charge in [-0.3, -0.25) is 0 Å². The van der Waals surface area contributed by atoms with Gasteiger partial charge in [-0.1, -0.05) is 15.9 Å². The lowest BCUT2D eigenvalue weighted by Crippen LogP contribution is -2.28. The molecule has 0 amide bonds. The monoisotopic (exact) mass is 252 g/mol. The number of benzene rings is 1. The van der Waals surface area contributed by atoms with Crippen LogP contribution in [0.5, 0.6) is 0 Å². The average Bonchev–Trinajstić information content (AvgIpc) is 2.10. The van der Waals surface area contributed by atoms with Crippen LogP contribution in [-0.4, -0.2) is 5.54 Å². The van der Waals surface area contributed by atoms with Crippen LogP contribution >= 0.6 is 15.9 Å². The van der Waals surface area contributed by atoms with Crippen molar-refractivity contribution < 1.29 is 0 Å². The minimum atomic E-state index is -0.529. The van der Waals surface area contributed by atoms with Gasteiger partial charge in [0.25, 0.3) is 0 Å². The van der Waals surface area contributed by atoms with Gasteiger partial charge in [-0.2, -0.15) is 5.26 Å². The predicted molar refractivity (Wildman–Crippen MR) is 62.2 cm³/mol. The molecule has 0 atom stereocenters. The van der Waals surface area contributed by atoms with Gasteiger partial charge in [0.15, 0.2) is 0 Å². The summed E-state index contributed by atoms with van der Waals surface area (Å²) >= 11 is 3.40. The zero-order valence-electron chi connectivity index (χ0n) is 8.56. The van der Waals surface area contributed by atoms with E-state index in [4.69, 9.17) is 5.26 Å². The zero-order chi connectivity index (χ0) is 10.8. The van der Waals surface area contributed by atoms with Crippen molar-refractivity contribution in [3.05, 3.63) is 28.2 Å². The van der Waals surface area contributed by atoms with Gasteiger partial charge >= 0.3 is 0 Å². The van der Waals surface area contributed by atoms with E-state index in [0.29, 0.717) is 0 Å². The second kappa shape index (κ2) is 4.02. The molecule has 1 aromatic carbocycles. The first kappa shape index (κ1) is 11.1. The molecule has 14 heavy (non-hydrogen) atoms. The van der Waals surface area contributed by atoms with Gasteiger partial charge in [0, 0.05) is 10.2 Å². The van der Waals surface area contributed by atoms with Gasteiger partial charge in [-0.15, -0.1) is 0 Å². The van der Waals surface area contributed by atoms with E-state index in [1.807, 2.05) is 39.0 Å². The lowest BCUT2D eigenvalue weighted by Gasteiger charge is -2.20. The van der Waals surface area contributed by atoms with Gasteiger partial charge in [-0.05, 0) is 44.5 Å². The van der Waals surface area contributed by atoms with Crippen molar-refractivity contribution in [2.75, 3.05) is 5.32 Å². The summed E-state index contributed by atoms with van der Waals surface area (Å²) in [6, 6.07) is 8.16. The molecule has 1 rings (SSSR count). The fourth-order valence-electron chi connectivity index (χ4n) is 1.13. The first-order chi connectivity index (χ1) is 6.44. The lowest BCUT2D eigenvalue weighted by atomic mass is 10.1. The summed E-state index contributed by atoms with van der Waals surface area (Å²) in [6.45, 7) is 5.73. The third kappa shape index (κ3) is 2.74. The van der Waals surface area contributed by atoms with E-state index < -0.39 is 5.54 Å². The van der Waals surface area contributed by atoms with E-state index in [-0.39, 0.29) is 0 Å². The Hall–Kier alpha value is -1.01. The van der Waals surface area contributed by atoms with Crippen LogP contribution < -0.4 is 5.32 Å². The number of halogens is 1. The molecule has 74 valence electrons. The summed E-state index contributed by atoms with van der Waals surface area (Å²) in [6.07, 6.45) is 0. The Morgan fingerprint density at radius 3 is 2.57 bits per heavy atom. The number of nitriles is 1. The molecule has 3 heteroatoms. The van der Waals surface area contributed by atoms with E-state index in [9.17, 15) is 0 Å². The molecular weight excluding hydrogens is 240 g/mol. The Balaban J connectivity index is 2.94. The quantitative estimate of drug-likeness (QED) is 0.875. The molecule has 2 nitrogen and oxygen atoms in total. The molecule has 0 saturated heterocycles. The van der Waals surface area contributed by atoms with Gasteiger partial charge in [-0.25, -0.2) is 0 Å². The van der Waals surface area contributed by atoms with Crippen LogP contribution in [0.1, 0.15) is 19.4 Å². The van der Waals surface area contributed by atoms with Crippen LogP contribution in [-0.2, 0) is 0 Å². The van der Waals surface area contributed by atoms with Crippen molar-refractivity contribution in [2.24, 2.45) is 0 Å². The number of anilines is 1. The molecule has 1 aromatic rings. The SMILES string of the molecule is Cc1cc(Br)ccc1NC(C)(C)C#N. The minimum absolute atomic E-state index is 0.529. The van der Waals surface area contributed by atoms with Gasteiger partial charge in [0.2, 0.25) is 0 Å². The van der Waals surface area contributed by atoms with Crippen molar-refractivity contribution in [1.29, 1.82) is 5.26 Å². The van der Waals surface area contributed by atoms with Crippen LogP contribution in [0.25, 0.3) is 0 Å². The number of rotatable bonds is 2. The summed E-state index contributed by atoms with van der Waals surface area (Å²) in [7, 11) is 0. The topological polar surface area (TPSA) is 35.8 Å². The highest BCUT2D eigenvalue weighted by Gasteiger charge is 2.16. The second-order valence-corrected chi connectivity index (χ2v) is 4.74. The fourth-order valence-corrected chi connectivity index (χ4v) is 1.61. The Morgan fingerprint density at radius 1 is 1.43 bits per heavy atom. The smallest absolute Gasteiger partial charge is 0.119 e. The number of aryl methyl sites for hydroxylation is 1. The summed E-state index contributed by atoms with van der Waals surface area (Å²) in [5.41, 5.74) is 1.60. The highest BCUT2D eigenvalue weighted by molar-refractivity contribution is 9.10. The van der Waals surface area contributed by atoms with Crippen LogP contribution in [0.3, 0.4) is 0 Å². The summed E-state index contributed by atoms with van der Waals surface area (Å²) in [5.74, 6) is 0. The normalized spacial score (nSPS) is 10.8. The molecule has 0 aliphatic carbocycles. The van der Waals surface area contributed by atoms with Crippen molar-refractivity contribution in [1.82, 2.24) is 0 Å². The van der Waals surface area contributed by atoms with Crippen LogP contribution in [0.2, 0.25) is 0 Å². The van der Waals surface area contributed by atoms with Crippen molar-refractivity contribution >= 4 is 21.6 Å². The Labute approximate surface area is 93.1 Å². The summed E-state index contributed by atoms with van der Waals surface area (Å²) < 4.78 is 1.05. The van der Waals surface area contributed by atoms with E-state index in [1.54, 1.807) is 0 Å². The largest absolute Gasteiger partial charge is 0.368 e. The van der Waals surface area contributed by atoms with E-state index in [0.717, 1.165) is 15.7 Å². The maximum atomic E-state index is 8.88. The molecular formula is C11H13BrN2. The average molecular weight is 253 g/mol. The highest BCUT2D eigenvalue weighted by atomic mass is 79.9. The predicted octanol–water partition coefficient (Wildman–Crippen LogP) is 3.47. The summed E-state index contributed by atoms with van der Waals surface area (Å²) in [5, 5.41) is 12.1. The fraction of sp³-hybridized carbons (Fsp3) is 0.364. The number of hydrogen-bond donors (Lipinski definition) is 1. The minimum Gasteiger partial charge on any atom is -0.368 e.